The highest BCUT2D eigenvalue weighted by Crippen LogP contribution is 2.24. The number of benzene rings is 2. The van der Waals surface area contributed by atoms with E-state index >= 15 is 0 Å². The van der Waals surface area contributed by atoms with Gasteiger partial charge in [-0.05, 0) is 30.7 Å². The number of rotatable bonds is 4. The van der Waals surface area contributed by atoms with Crippen molar-refractivity contribution in [2.24, 2.45) is 0 Å². The van der Waals surface area contributed by atoms with Gasteiger partial charge in [-0.3, -0.25) is 4.79 Å². The molecule has 19 heavy (non-hydrogen) atoms. The first-order chi connectivity index (χ1) is 9.06. The second-order valence-electron chi connectivity index (χ2n) is 4.13. The van der Waals surface area contributed by atoms with Gasteiger partial charge in [0.15, 0.2) is 12.4 Å². The average Bonchev–Trinajstić information content (AvgIpc) is 2.35. The van der Waals surface area contributed by atoms with Crippen LogP contribution in [0.4, 0.5) is 0 Å². The smallest absolute Gasteiger partial charge is 0.200 e. The molecule has 0 saturated heterocycles. The van der Waals surface area contributed by atoms with Crippen LogP contribution in [0.2, 0.25) is 10.0 Å². The Balaban J connectivity index is 2.07. The quantitative estimate of drug-likeness (QED) is 0.773. The standard InChI is InChI=1S/C15H12Cl2O2/c1-10-4-2-3-5-14(10)15(18)9-19-13-7-11(16)6-12(17)8-13/h2-8H,9H2,1H3. The summed E-state index contributed by atoms with van der Waals surface area (Å²) in [5.41, 5.74) is 1.59. The number of hydrogen-bond acceptors (Lipinski definition) is 2. The number of carbonyl (C=O) groups is 1. The van der Waals surface area contributed by atoms with E-state index in [1.165, 1.54) is 0 Å². The third-order valence-corrected chi connectivity index (χ3v) is 3.09. The molecule has 0 aromatic heterocycles. The van der Waals surface area contributed by atoms with Crippen LogP contribution in [-0.2, 0) is 0 Å². The third kappa shape index (κ3) is 3.72. The molecule has 2 rings (SSSR count). The highest BCUT2D eigenvalue weighted by atomic mass is 35.5. The van der Waals surface area contributed by atoms with Crippen LogP contribution in [0.1, 0.15) is 15.9 Å². The molecule has 0 N–H and O–H groups in total. The topological polar surface area (TPSA) is 26.3 Å². The summed E-state index contributed by atoms with van der Waals surface area (Å²) >= 11 is 11.7. The summed E-state index contributed by atoms with van der Waals surface area (Å²) in [6, 6.07) is 12.3. The number of Topliss-reactive ketones (excluding diaryl/α,β-unsaturated/α-hetero) is 1. The van der Waals surface area contributed by atoms with Gasteiger partial charge >= 0.3 is 0 Å². The molecule has 0 radical (unpaired) electrons. The lowest BCUT2D eigenvalue weighted by molar-refractivity contribution is 0.0921. The number of aryl methyl sites for hydroxylation is 1. The van der Waals surface area contributed by atoms with Crippen molar-refractivity contribution in [1.82, 2.24) is 0 Å². The molecule has 0 fully saturated rings. The lowest BCUT2D eigenvalue weighted by Gasteiger charge is -2.08. The molecule has 0 aliphatic rings. The second kappa shape index (κ2) is 6.09. The summed E-state index contributed by atoms with van der Waals surface area (Å²) in [6.07, 6.45) is 0. The zero-order valence-electron chi connectivity index (χ0n) is 10.3. The minimum absolute atomic E-state index is 0.0402. The van der Waals surface area contributed by atoms with Crippen LogP contribution in [0.5, 0.6) is 5.75 Å². The normalized spacial score (nSPS) is 10.3. The van der Waals surface area contributed by atoms with Crippen molar-refractivity contribution < 1.29 is 9.53 Å². The van der Waals surface area contributed by atoms with Crippen molar-refractivity contribution in [3.63, 3.8) is 0 Å². The molecular weight excluding hydrogens is 283 g/mol. The monoisotopic (exact) mass is 294 g/mol. The second-order valence-corrected chi connectivity index (χ2v) is 5.00. The summed E-state index contributed by atoms with van der Waals surface area (Å²) < 4.78 is 5.42. The van der Waals surface area contributed by atoms with Crippen molar-refractivity contribution in [2.45, 2.75) is 6.92 Å². The molecule has 98 valence electrons. The minimum atomic E-state index is -0.0748. The number of ketones is 1. The van der Waals surface area contributed by atoms with Crippen LogP contribution < -0.4 is 4.74 Å². The lowest BCUT2D eigenvalue weighted by atomic mass is 10.1. The van der Waals surface area contributed by atoms with E-state index in [9.17, 15) is 4.79 Å². The van der Waals surface area contributed by atoms with E-state index in [-0.39, 0.29) is 12.4 Å². The SMILES string of the molecule is Cc1ccccc1C(=O)COc1cc(Cl)cc(Cl)c1. The fraction of sp³-hybridized carbons (Fsp3) is 0.133. The molecular formula is C15H12Cl2O2. The number of hydrogen-bond donors (Lipinski definition) is 0. The lowest BCUT2D eigenvalue weighted by Crippen LogP contribution is -2.12. The van der Waals surface area contributed by atoms with E-state index < -0.39 is 0 Å². The summed E-state index contributed by atoms with van der Waals surface area (Å²) in [7, 11) is 0. The number of ether oxygens (including phenoxy) is 1. The van der Waals surface area contributed by atoms with E-state index in [0.29, 0.717) is 21.4 Å². The van der Waals surface area contributed by atoms with Gasteiger partial charge in [0, 0.05) is 15.6 Å². The van der Waals surface area contributed by atoms with Crippen molar-refractivity contribution in [3.05, 3.63) is 63.6 Å². The van der Waals surface area contributed by atoms with E-state index in [4.69, 9.17) is 27.9 Å². The van der Waals surface area contributed by atoms with Gasteiger partial charge in [0.05, 0.1) is 0 Å². The van der Waals surface area contributed by atoms with Crippen molar-refractivity contribution >= 4 is 29.0 Å². The van der Waals surface area contributed by atoms with Gasteiger partial charge in [0.1, 0.15) is 5.75 Å². The van der Waals surface area contributed by atoms with Crippen molar-refractivity contribution in [3.8, 4) is 5.75 Å². The zero-order valence-corrected chi connectivity index (χ0v) is 11.8. The molecule has 0 amide bonds. The molecule has 0 aliphatic heterocycles. The van der Waals surface area contributed by atoms with E-state index in [1.54, 1.807) is 24.3 Å². The van der Waals surface area contributed by atoms with E-state index in [1.807, 2.05) is 25.1 Å². The maximum absolute atomic E-state index is 12.0. The van der Waals surface area contributed by atoms with Crippen LogP contribution in [0.25, 0.3) is 0 Å². The number of halogens is 2. The minimum Gasteiger partial charge on any atom is -0.485 e. The van der Waals surface area contributed by atoms with Gasteiger partial charge in [-0.25, -0.2) is 0 Å². The van der Waals surface area contributed by atoms with E-state index in [2.05, 4.69) is 0 Å². The summed E-state index contributed by atoms with van der Waals surface area (Å²) in [6.45, 7) is 1.85. The van der Waals surface area contributed by atoms with Gasteiger partial charge in [0.2, 0.25) is 0 Å². The van der Waals surface area contributed by atoms with Gasteiger partial charge in [-0.15, -0.1) is 0 Å². The highest BCUT2D eigenvalue weighted by Gasteiger charge is 2.09. The maximum atomic E-state index is 12.0. The third-order valence-electron chi connectivity index (χ3n) is 2.65. The fourth-order valence-electron chi connectivity index (χ4n) is 1.72. The van der Waals surface area contributed by atoms with Crippen molar-refractivity contribution in [2.75, 3.05) is 6.61 Å². The average molecular weight is 295 g/mol. The maximum Gasteiger partial charge on any atom is 0.200 e. The van der Waals surface area contributed by atoms with Gasteiger partial charge in [0.25, 0.3) is 0 Å². The first-order valence-electron chi connectivity index (χ1n) is 5.74. The molecule has 0 aliphatic carbocycles. The highest BCUT2D eigenvalue weighted by molar-refractivity contribution is 6.34. The molecule has 0 heterocycles. The van der Waals surface area contributed by atoms with Crippen LogP contribution in [0.15, 0.2) is 42.5 Å². The summed E-state index contributed by atoms with van der Waals surface area (Å²) in [5, 5.41) is 0.955. The molecule has 0 spiro atoms. The molecule has 0 unspecified atom stereocenters. The first-order valence-corrected chi connectivity index (χ1v) is 6.49. The Bertz CT molecular complexity index is 589. The van der Waals surface area contributed by atoms with Crippen LogP contribution in [-0.4, -0.2) is 12.4 Å². The molecule has 0 saturated carbocycles. The first kappa shape index (κ1) is 13.9. The largest absolute Gasteiger partial charge is 0.485 e. The van der Waals surface area contributed by atoms with Gasteiger partial charge in [-0.1, -0.05) is 47.5 Å². The molecule has 0 atom stereocenters. The Hall–Kier alpha value is -1.51. The number of carbonyl (C=O) groups excluding carboxylic acids is 1. The Morgan fingerprint density at radius 2 is 1.74 bits per heavy atom. The summed E-state index contributed by atoms with van der Waals surface area (Å²) in [4.78, 5) is 12.0. The fourth-order valence-corrected chi connectivity index (χ4v) is 2.23. The van der Waals surface area contributed by atoms with Crippen molar-refractivity contribution in [1.29, 1.82) is 0 Å². The predicted octanol–water partition coefficient (Wildman–Crippen LogP) is 4.56. The Kier molecular flexibility index (Phi) is 4.46. The molecule has 2 aromatic carbocycles. The van der Waals surface area contributed by atoms with Crippen LogP contribution >= 0.6 is 23.2 Å². The molecule has 0 bridgehead atoms. The van der Waals surface area contributed by atoms with Gasteiger partial charge in [-0.2, -0.15) is 0 Å². The van der Waals surface area contributed by atoms with Crippen LogP contribution in [0, 0.1) is 6.92 Å². The zero-order chi connectivity index (χ0) is 13.8. The Labute approximate surface area is 121 Å². The molecule has 2 aromatic rings. The summed E-state index contributed by atoms with van der Waals surface area (Å²) in [5.74, 6) is 0.411. The van der Waals surface area contributed by atoms with Crippen LogP contribution in [0.3, 0.4) is 0 Å². The Morgan fingerprint density at radius 1 is 1.11 bits per heavy atom. The predicted molar refractivity (Wildman–Crippen MR) is 77.5 cm³/mol. The molecule has 2 nitrogen and oxygen atoms in total. The molecule has 4 heteroatoms. The Morgan fingerprint density at radius 3 is 2.37 bits per heavy atom. The van der Waals surface area contributed by atoms with Gasteiger partial charge < -0.3 is 4.74 Å². The van der Waals surface area contributed by atoms with E-state index in [0.717, 1.165) is 5.56 Å².